The summed E-state index contributed by atoms with van der Waals surface area (Å²) in [5, 5.41) is 2.63. The maximum absolute atomic E-state index is 14.0. The van der Waals surface area contributed by atoms with Crippen LogP contribution >= 0.6 is 11.6 Å². The first-order valence-corrected chi connectivity index (χ1v) is 12.8. The molecule has 2 amide bonds. The average Bonchev–Trinajstić information content (AvgIpc) is 2.94. The van der Waals surface area contributed by atoms with E-state index in [-0.39, 0.29) is 47.1 Å². The van der Waals surface area contributed by atoms with Gasteiger partial charge >= 0.3 is 0 Å². The second-order valence-electron chi connectivity index (χ2n) is 9.05. The molecule has 2 aromatic carbocycles. The van der Waals surface area contributed by atoms with Gasteiger partial charge in [-0.05, 0) is 24.3 Å². The molecule has 1 fully saturated rings. The highest BCUT2D eigenvalue weighted by Crippen LogP contribution is 2.26. The van der Waals surface area contributed by atoms with E-state index in [1.54, 1.807) is 31.2 Å². The molecule has 3 N–H and O–H groups in total. The lowest BCUT2D eigenvalue weighted by molar-refractivity contribution is -0.130. The molecule has 0 radical (unpaired) electrons. The van der Waals surface area contributed by atoms with Crippen molar-refractivity contribution in [2.24, 2.45) is 0 Å². The zero-order valence-electron chi connectivity index (χ0n) is 21.4. The molecule has 1 aliphatic heterocycles. The SMILES string of the molecule is CC(=O)N1CCN(CCNC(=O)c2cccc(-c3cnc(N)c(OCCc4c(F)ccc(F)c4Cl)n3)c2)CC1. The van der Waals surface area contributed by atoms with Crippen molar-refractivity contribution >= 4 is 29.2 Å². The van der Waals surface area contributed by atoms with Crippen LogP contribution in [0.4, 0.5) is 14.6 Å². The quantitative estimate of drug-likeness (QED) is 0.388. The highest BCUT2D eigenvalue weighted by molar-refractivity contribution is 6.31. The van der Waals surface area contributed by atoms with Crippen molar-refractivity contribution in [2.75, 3.05) is 51.6 Å². The minimum Gasteiger partial charge on any atom is -0.475 e. The molecule has 3 aromatic rings. The Kier molecular flexibility index (Phi) is 9.26. The van der Waals surface area contributed by atoms with Gasteiger partial charge in [-0.3, -0.25) is 14.5 Å². The van der Waals surface area contributed by atoms with E-state index < -0.39 is 11.6 Å². The Hall–Kier alpha value is -3.83. The molecule has 1 saturated heterocycles. The summed E-state index contributed by atoms with van der Waals surface area (Å²) in [5.74, 6) is -1.44. The van der Waals surface area contributed by atoms with Crippen LogP contribution < -0.4 is 15.8 Å². The van der Waals surface area contributed by atoms with Crippen molar-refractivity contribution in [3.05, 3.63) is 70.4 Å². The highest BCUT2D eigenvalue weighted by atomic mass is 35.5. The zero-order chi connectivity index (χ0) is 27.9. The maximum Gasteiger partial charge on any atom is 0.257 e. The van der Waals surface area contributed by atoms with Gasteiger partial charge in [0.2, 0.25) is 5.91 Å². The summed E-state index contributed by atoms with van der Waals surface area (Å²) in [6.07, 6.45) is 1.46. The van der Waals surface area contributed by atoms with Crippen LogP contribution in [0.3, 0.4) is 0 Å². The second kappa shape index (κ2) is 12.8. The summed E-state index contributed by atoms with van der Waals surface area (Å²) in [4.78, 5) is 36.8. The molecule has 0 spiro atoms. The first kappa shape index (κ1) is 28.2. The number of benzene rings is 2. The number of halogens is 3. The fourth-order valence-corrected chi connectivity index (χ4v) is 4.46. The number of hydrogen-bond donors (Lipinski definition) is 2. The van der Waals surface area contributed by atoms with E-state index >= 15 is 0 Å². The molecule has 2 heterocycles. The molecule has 12 heteroatoms. The van der Waals surface area contributed by atoms with Crippen LogP contribution in [0.25, 0.3) is 11.3 Å². The van der Waals surface area contributed by atoms with E-state index in [1.165, 1.54) is 6.20 Å². The van der Waals surface area contributed by atoms with Crippen LogP contribution in [0, 0.1) is 11.6 Å². The molecule has 0 bridgehead atoms. The van der Waals surface area contributed by atoms with Crippen LogP contribution in [0.5, 0.6) is 5.88 Å². The number of nitrogens with zero attached hydrogens (tertiary/aromatic N) is 4. The zero-order valence-corrected chi connectivity index (χ0v) is 22.2. The Morgan fingerprint density at radius 3 is 2.62 bits per heavy atom. The van der Waals surface area contributed by atoms with E-state index in [1.807, 2.05) is 4.90 Å². The molecule has 1 aliphatic rings. The number of carbonyl (C=O) groups excluding carboxylic acids is 2. The molecule has 0 saturated carbocycles. The minimum atomic E-state index is -0.717. The molecule has 206 valence electrons. The van der Waals surface area contributed by atoms with Gasteiger partial charge in [-0.1, -0.05) is 23.7 Å². The van der Waals surface area contributed by atoms with Gasteiger partial charge in [0.05, 0.1) is 23.5 Å². The number of piperazine rings is 1. The number of nitrogen functional groups attached to an aromatic ring is 1. The first-order chi connectivity index (χ1) is 18.7. The molecule has 1 aromatic heterocycles. The molecular formula is C27H29ClF2N6O3. The Morgan fingerprint density at radius 1 is 1.13 bits per heavy atom. The van der Waals surface area contributed by atoms with Crippen molar-refractivity contribution < 1.29 is 23.1 Å². The predicted molar refractivity (Wildman–Crippen MR) is 143 cm³/mol. The monoisotopic (exact) mass is 558 g/mol. The summed E-state index contributed by atoms with van der Waals surface area (Å²) in [6, 6.07) is 8.86. The lowest BCUT2D eigenvalue weighted by atomic mass is 10.1. The molecule has 39 heavy (non-hydrogen) atoms. The van der Waals surface area contributed by atoms with Crippen LogP contribution in [0.2, 0.25) is 5.02 Å². The fraction of sp³-hybridized carbons (Fsp3) is 0.333. The van der Waals surface area contributed by atoms with Crippen LogP contribution in [0.15, 0.2) is 42.6 Å². The van der Waals surface area contributed by atoms with Crippen molar-refractivity contribution in [1.82, 2.24) is 25.1 Å². The van der Waals surface area contributed by atoms with Crippen LogP contribution in [0.1, 0.15) is 22.8 Å². The third kappa shape index (κ3) is 7.18. The fourth-order valence-electron chi connectivity index (χ4n) is 4.21. The van der Waals surface area contributed by atoms with E-state index in [2.05, 4.69) is 20.2 Å². The number of nitrogens with two attached hydrogens (primary N) is 1. The topological polar surface area (TPSA) is 114 Å². The number of ether oxygens (including phenoxy) is 1. The van der Waals surface area contributed by atoms with E-state index in [0.717, 1.165) is 25.2 Å². The van der Waals surface area contributed by atoms with Gasteiger partial charge in [0.25, 0.3) is 11.8 Å². The summed E-state index contributed by atoms with van der Waals surface area (Å²) in [7, 11) is 0. The molecule has 9 nitrogen and oxygen atoms in total. The summed E-state index contributed by atoms with van der Waals surface area (Å²) >= 11 is 5.87. The largest absolute Gasteiger partial charge is 0.475 e. The van der Waals surface area contributed by atoms with Gasteiger partial charge in [-0.15, -0.1) is 0 Å². The molecule has 4 rings (SSSR count). The van der Waals surface area contributed by atoms with Gasteiger partial charge in [0.1, 0.15) is 11.6 Å². The van der Waals surface area contributed by atoms with Gasteiger partial charge in [0.15, 0.2) is 5.82 Å². The molecule has 0 atom stereocenters. The van der Waals surface area contributed by atoms with Gasteiger partial charge in [-0.2, -0.15) is 0 Å². The van der Waals surface area contributed by atoms with E-state index in [0.29, 0.717) is 43.0 Å². The summed E-state index contributed by atoms with van der Waals surface area (Å²) < 4.78 is 33.3. The second-order valence-corrected chi connectivity index (χ2v) is 9.43. The minimum absolute atomic E-state index is 0.00335. The Morgan fingerprint density at radius 2 is 1.87 bits per heavy atom. The first-order valence-electron chi connectivity index (χ1n) is 12.5. The third-order valence-electron chi connectivity index (χ3n) is 6.45. The molecule has 0 aliphatic carbocycles. The number of amides is 2. The maximum atomic E-state index is 14.0. The Bertz CT molecular complexity index is 1350. The van der Waals surface area contributed by atoms with Crippen molar-refractivity contribution in [2.45, 2.75) is 13.3 Å². The Balaban J connectivity index is 1.34. The van der Waals surface area contributed by atoms with Crippen LogP contribution in [-0.2, 0) is 11.2 Å². The van der Waals surface area contributed by atoms with E-state index in [4.69, 9.17) is 22.1 Å². The predicted octanol–water partition coefficient (Wildman–Crippen LogP) is 3.17. The van der Waals surface area contributed by atoms with Gasteiger partial charge in [-0.25, -0.2) is 18.7 Å². The summed E-state index contributed by atoms with van der Waals surface area (Å²) in [6.45, 7) is 5.59. The number of nitrogens with one attached hydrogen (secondary N) is 1. The number of aromatic nitrogens is 2. The number of hydrogen-bond acceptors (Lipinski definition) is 7. The number of anilines is 1. The van der Waals surface area contributed by atoms with Crippen molar-refractivity contribution in [3.8, 4) is 17.1 Å². The lowest BCUT2D eigenvalue weighted by Crippen LogP contribution is -2.49. The standard InChI is InChI=1S/C27H29ClF2N6O3/c1-17(37)36-12-10-35(11-13-36)9-8-32-26(38)19-4-2-3-18(15-19)23-16-33-25(31)27(34-23)39-14-7-20-21(29)5-6-22(30)24(20)28/h2-6,15-16H,7-14H2,1H3,(H2,31,33)(H,32,38). The molecule has 0 unspecified atom stereocenters. The number of rotatable bonds is 9. The smallest absolute Gasteiger partial charge is 0.257 e. The van der Waals surface area contributed by atoms with Crippen molar-refractivity contribution in [1.29, 1.82) is 0 Å². The lowest BCUT2D eigenvalue weighted by Gasteiger charge is -2.34. The van der Waals surface area contributed by atoms with Gasteiger partial charge in [0, 0.05) is 69.3 Å². The van der Waals surface area contributed by atoms with E-state index in [9.17, 15) is 18.4 Å². The number of carbonyl (C=O) groups is 2. The van der Waals surface area contributed by atoms with Crippen LogP contribution in [-0.4, -0.2) is 77.5 Å². The van der Waals surface area contributed by atoms with Gasteiger partial charge < -0.3 is 20.7 Å². The third-order valence-corrected chi connectivity index (χ3v) is 6.86. The summed E-state index contributed by atoms with van der Waals surface area (Å²) in [5.41, 5.74) is 7.40. The highest BCUT2D eigenvalue weighted by Gasteiger charge is 2.19. The normalized spacial score (nSPS) is 13.8. The average molecular weight is 559 g/mol. The Labute approximate surface area is 229 Å². The van der Waals surface area contributed by atoms with Crippen molar-refractivity contribution in [3.63, 3.8) is 0 Å². The molecular weight excluding hydrogens is 530 g/mol.